The molecule has 0 aliphatic rings. The van der Waals surface area contributed by atoms with Gasteiger partial charge in [-0.25, -0.2) is 0 Å². The first-order chi connectivity index (χ1) is 7.45. The standard InChI is InChI=1S/C11H15F3N2/c1-2-3-6-16-10-5-4-8(7-9(10)15)11(12,13)14/h4-5,7,16H,2-3,6,15H2,1H3. The van der Waals surface area contributed by atoms with Gasteiger partial charge in [-0.15, -0.1) is 0 Å². The van der Waals surface area contributed by atoms with E-state index in [1.165, 1.54) is 6.07 Å². The van der Waals surface area contributed by atoms with Gasteiger partial charge in [-0.2, -0.15) is 13.2 Å². The van der Waals surface area contributed by atoms with E-state index in [2.05, 4.69) is 5.32 Å². The molecule has 0 heterocycles. The Morgan fingerprint density at radius 1 is 1.31 bits per heavy atom. The Morgan fingerprint density at radius 3 is 2.50 bits per heavy atom. The Balaban J connectivity index is 2.76. The Morgan fingerprint density at radius 2 is 2.00 bits per heavy atom. The molecule has 1 aromatic rings. The molecule has 0 aromatic heterocycles. The fourth-order valence-corrected chi connectivity index (χ4v) is 1.30. The minimum absolute atomic E-state index is 0.130. The maximum Gasteiger partial charge on any atom is 0.416 e. The fraction of sp³-hybridized carbons (Fsp3) is 0.455. The summed E-state index contributed by atoms with van der Waals surface area (Å²) < 4.78 is 37.0. The lowest BCUT2D eigenvalue weighted by Crippen LogP contribution is -2.08. The normalized spacial score (nSPS) is 11.5. The number of nitrogen functional groups attached to an aromatic ring is 1. The van der Waals surface area contributed by atoms with Crippen molar-refractivity contribution < 1.29 is 13.2 Å². The van der Waals surface area contributed by atoms with Gasteiger partial charge in [0.25, 0.3) is 0 Å². The van der Waals surface area contributed by atoms with Crippen molar-refractivity contribution in [3.8, 4) is 0 Å². The number of hydrogen-bond acceptors (Lipinski definition) is 2. The average Bonchev–Trinajstić information content (AvgIpc) is 2.19. The molecule has 3 N–H and O–H groups in total. The zero-order valence-electron chi connectivity index (χ0n) is 9.06. The first kappa shape index (κ1) is 12.7. The average molecular weight is 232 g/mol. The number of hydrogen-bond donors (Lipinski definition) is 2. The molecule has 0 fully saturated rings. The van der Waals surface area contributed by atoms with E-state index in [0.29, 0.717) is 12.2 Å². The minimum Gasteiger partial charge on any atom is -0.397 e. The molecule has 0 radical (unpaired) electrons. The summed E-state index contributed by atoms with van der Waals surface area (Å²) in [5, 5.41) is 3.00. The molecule has 0 aliphatic heterocycles. The van der Waals surface area contributed by atoms with Crippen LogP contribution in [0.5, 0.6) is 0 Å². The number of nitrogens with two attached hydrogens (primary N) is 1. The highest BCUT2D eigenvalue weighted by molar-refractivity contribution is 5.67. The third-order valence-electron chi connectivity index (χ3n) is 2.22. The number of benzene rings is 1. The lowest BCUT2D eigenvalue weighted by Gasteiger charge is -2.12. The summed E-state index contributed by atoms with van der Waals surface area (Å²) in [5.74, 6) is 0. The highest BCUT2D eigenvalue weighted by Crippen LogP contribution is 2.32. The fourth-order valence-electron chi connectivity index (χ4n) is 1.30. The molecule has 0 unspecified atom stereocenters. The molecule has 2 nitrogen and oxygen atoms in total. The van der Waals surface area contributed by atoms with Crippen molar-refractivity contribution in [2.75, 3.05) is 17.6 Å². The van der Waals surface area contributed by atoms with Crippen LogP contribution in [-0.4, -0.2) is 6.54 Å². The van der Waals surface area contributed by atoms with E-state index in [4.69, 9.17) is 5.73 Å². The quantitative estimate of drug-likeness (QED) is 0.616. The Labute approximate surface area is 92.6 Å². The second kappa shape index (κ2) is 5.09. The summed E-state index contributed by atoms with van der Waals surface area (Å²) in [5.41, 5.74) is 5.51. The summed E-state index contributed by atoms with van der Waals surface area (Å²) >= 11 is 0. The molecular weight excluding hydrogens is 217 g/mol. The van der Waals surface area contributed by atoms with Crippen molar-refractivity contribution >= 4 is 11.4 Å². The van der Waals surface area contributed by atoms with Crippen LogP contribution < -0.4 is 11.1 Å². The third kappa shape index (κ3) is 3.32. The van der Waals surface area contributed by atoms with Gasteiger partial charge in [-0.05, 0) is 24.6 Å². The van der Waals surface area contributed by atoms with Crippen LogP contribution in [0.15, 0.2) is 18.2 Å². The maximum absolute atomic E-state index is 12.3. The molecule has 1 rings (SSSR count). The van der Waals surface area contributed by atoms with Gasteiger partial charge in [0.15, 0.2) is 0 Å². The zero-order chi connectivity index (χ0) is 12.2. The van der Waals surface area contributed by atoms with Crippen LogP contribution in [0.2, 0.25) is 0 Å². The summed E-state index contributed by atoms with van der Waals surface area (Å²) in [6.07, 6.45) is -2.36. The van der Waals surface area contributed by atoms with Crippen molar-refractivity contribution in [1.29, 1.82) is 0 Å². The van der Waals surface area contributed by atoms with Crippen LogP contribution in [0.4, 0.5) is 24.5 Å². The van der Waals surface area contributed by atoms with Crippen LogP contribution >= 0.6 is 0 Å². The summed E-state index contributed by atoms with van der Waals surface area (Å²) in [6.45, 7) is 2.75. The second-order valence-corrected chi connectivity index (χ2v) is 3.58. The van der Waals surface area contributed by atoms with Gasteiger partial charge in [-0.3, -0.25) is 0 Å². The molecule has 16 heavy (non-hydrogen) atoms. The van der Waals surface area contributed by atoms with Gasteiger partial charge < -0.3 is 11.1 Å². The lowest BCUT2D eigenvalue weighted by molar-refractivity contribution is -0.137. The summed E-state index contributed by atoms with van der Waals surface area (Å²) in [6, 6.07) is 3.35. The van der Waals surface area contributed by atoms with Crippen LogP contribution in [-0.2, 0) is 6.18 Å². The number of anilines is 2. The van der Waals surface area contributed by atoms with Gasteiger partial charge in [0.05, 0.1) is 16.9 Å². The molecule has 90 valence electrons. The molecule has 5 heteroatoms. The second-order valence-electron chi connectivity index (χ2n) is 3.58. The van der Waals surface area contributed by atoms with Crippen LogP contribution in [0.25, 0.3) is 0 Å². The Bertz CT molecular complexity index is 348. The van der Waals surface area contributed by atoms with Gasteiger partial charge >= 0.3 is 6.18 Å². The molecule has 1 aromatic carbocycles. The van der Waals surface area contributed by atoms with Crippen LogP contribution in [0.1, 0.15) is 25.3 Å². The topological polar surface area (TPSA) is 38.0 Å². The molecular formula is C11H15F3N2. The highest BCUT2D eigenvalue weighted by atomic mass is 19.4. The molecule has 0 saturated carbocycles. The van der Waals surface area contributed by atoms with Crippen molar-refractivity contribution in [3.63, 3.8) is 0 Å². The van der Waals surface area contributed by atoms with Gasteiger partial charge in [0, 0.05) is 6.54 Å². The molecule has 0 atom stereocenters. The summed E-state index contributed by atoms with van der Waals surface area (Å²) in [7, 11) is 0. The van der Waals surface area contributed by atoms with E-state index in [-0.39, 0.29) is 5.69 Å². The number of nitrogens with one attached hydrogen (secondary N) is 1. The monoisotopic (exact) mass is 232 g/mol. The molecule has 0 spiro atoms. The predicted octanol–water partition coefficient (Wildman–Crippen LogP) is 3.50. The van der Waals surface area contributed by atoms with Crippen molar-refractivity contribution in [2.24, 2.45) is 0 Å². The van der Waals surface area contributed by atoms with E-state index in [0.717, 1.165) is 25.0 Å². The number of unbranched alkanes of at least 4 members (excludes halogenated alkanes) is 1. The van der Waals surface area contributed by atoms with E-state index < -0.39 is 11.7 Å². The van der Waals surface area contributed by atoms with Gasteiger partial charge in [0.2, 0.25) is 0 Å². The largest absolute Gasteiger partial charge is 0.416 e. The van der Waals surface area contributed by atoms with E-state index in [9.17, 15) is 13.2 Å². The molecule has 0 amide bonds. The Kier molecular flexibility index (Phi) is 4.04. The van der Waals surface area contributed by atoms with Gasteiger partial charge in [-0.1, -0.05) is 13.3 Å². The van der Waals surface area contributed by atoms with E-state index in [1.807, 2.05) is 6.92 Å². The highest BCUT2D eigenvalue weighted by Gasteiger charge is 2.30. The van der Waals surface area contributed by atoms with Crippen molar-refractivity contribution in [3.05, 3.63) is 23.8 Å². The van der Waals surface area contributed by atoms with Crippen LogP contribution in [0.3, 0.4) is 0 Å². The number of halogens is 3. The lowest BCUT2D eigenvalue weighted by atomic mass is 10.1. The third-order valence-corrected chi connectivity index (χ3v) is 2.22. The maximum atomic E-state index is 12.3. The van der Waals surface area contributed by atoms with Crippen molar-refractivity contribution in [1.82, 2.24) is 0 Å². The van der Waals surface area contributed by atoms with Crippen molar-refractivity contribution in [2.45, 2.75) is 25.9 Å². The van der Waals surface area contributed by atoms with Gasteiger partial charge in [0.1, 0.15) is 0 Å². The molecule has 0 saturated heterocycles. The number of rotatable bonds is 4. The van der Waals surface area contributed by atoms with E-state index >= 15 is 0 Å². The number of alkyl halides is 3. The SMILES string of the molecule is CCCCNc1ccc(C(F)(F)F)cc1N. The first-order valence-corrected chi connectivity index (χ1v) is 5.15. The minimum atomic E-state index is -4.34. The van der Waals surface area contributed by atoms with E-state index in [1.54, 1.807) is 0 Å². The molecule has 0 bridgehead atoms. The smallest absolute Gasteiger partial charge is 0.397 e. The first-order valence-electron chi connectivity index (χ1n) is 5.15. The molecule has 0 aliphatic carbocycles. The zero-order valence-corrected chi connectivity index (χ0v) is 9.06. The van der Waals surface area contributed by atoms with Crippen LogP contribution in [0, 0.1) is 0 Å². The predicted molar refractivity (Wildman–Crippen MR) is 59.3 cm³/mol. The Hall–Kier alpha value is -1.39. The summed E-state index contributed by atoms with van der Waals surface area (Å²) in [4.78, 5) is 0.